The molecule has 1 fully saturated rings. The molecule has 7 heteroatoms. The van der Waals surface area contributed by atoms with Crippen LogP contribution < -0.4 is 4.90 Å². The van der Waals surface area contributed by atoms with Crippen LogP contribution in [0.25, 0.3) is 11.5 Å². The number of fused-ring (bicyclic) bond motifs is 2. The molecular formula is C19H21N5OS. The Labute approximate surface area is 156 Å². The van der Waals surface area contributed by atoms with E-state index < -0.39 is 0 Å². The monoisotopic (exact) mass is 367 g/mol. The van der Waals surface area contributed by atoms with Crippen LogP contribution in [0.4, 0.5) is 5.82 Å². The molecule has 0 N–H and O–H groups in total. The highest BCUT2D eigenvalue weighted by Crippen LogP contribution is 2.43. The molecule has 3 aromatic rings. The summed E-state index contributed by atoms with van der Waals surface area (Å²) in [6, 6.07) is 6.31. The van der Waals surface area contributed by atoms with Gasteiger partial charge in [0.15, 0.2) is 11.6 Å². The number of thiophene rings is 1. The molecule has 1 saturated heterocycles. The normalized spacial score (nSPS) is 18.9. The van der Waals surface area contributed by atoms with Crippen molar-refractivity contribution in [2.75, 3.05) is 24.6 Å². The zero-order valence-corrected chi connectivity index (χ0v) is 15.6. The minimum atomic E-state index is -0.0928. The van der Waals surface area contributed by atoms with Gasteiger partial charge in [0.05, 0.1) is 12.2 Å². The van der Waals surface area contributed by atoms with Crippen molar-refractivity contribution in [2.24, 2.45) is 7.05 Å². The van der Waals surface area contributed by atoms with Crippen LogP contribution in [0.5, 0.6) is 0 Å². The Bertz CT molecular complexity index is 908. The summed E-state index contributed by atoms with van der Waals surface area (Å²) in [5, 5.41) is 11.0. The SMILES string of the molecule is Cn1ccnc1-c1ccc(N2CCC3(CC2)OCCc2sccc23)nn1. The van der Waals surface area contributed by atoms with Crippen LogP contribution in [-0.4, -0.2) is 39.4 Å². The maximum absolute atomic E-state index is 6.29. The summed E-state index contributed by atoms with van der Waals surface area (Å²) in [7, 11) is 1.96. The molecule has 0 saturated carbocycles. The summed E-state index contributed by atoms with van der Waals surface area (Å²) < 4.78 is 8.24. The van der Waals surface area contributed by atoms with E-state index in [9.17, 15) is 0 Å². The van der Waals surface area contributed by atoms with Crippen LogP contribution in [0.3, 0.4) is 0 Å². The summed E-state index contributed by atoms with van der Waals surface area (Å²) in [4.78, 5) is 8.15. The molecule has 2 aliphatic heterocycles. The summed E-state index contributed by atoms with van der Waals surface area (Å²) in [5.41, 5.74) is 2.13. The number of anilines is 1. The number of hydrogen-bond acceptors (Lipinski definition) is 6. The minimum absolute atomic E-state index is 0.0928. The van der Waals surface area contributed by atoms with E-state index in [1.54, 1.807) is 6.20 Å². The molecule has 1 spiro atoms. The standard InChI is InChI=1S/C19H21N5OS/c1-23-11-8-20-18(23)15-2-3-17(22-21-15)24-9-6-19(7-10-24)14-5-13-26-16(14)4-12-25-19/h2-3,5,8,11,13H,4,6-7,9-10,12H2,1H3. The van der Waals surface area contributed by atoms with Gasteiger partial charge < -0.3 is 14.2 Å². The van der Waals surface area contributed by atoms with Crippen LogP contribution in [0.15, 0.2) is 36.0 Å². The van der Waals surface area contributed by atoms with Gasteiger partial charge in [0, 0.05) is 43.8 Å². The summed E-state index contributed by atoms with van der Waals surface area (Å²) in [6.07, 6.45) is 6.74. The number of rotatable bonds is 2. The third kappa shape index (κ3) is 2.54. The zero-order chi connectivity index (χ0) is 17.6. The molecule has 5 heterocycles. The highest BCUT2D eigenvalue weighted by molar-refractivity contribution is 7.10. The molecule has 6 nitrogen and oxygen atoms in total. The molecule has 0 bridgehead atoms. The second kappa shape index (κ2) is 6.17. The number of aryl methyl sites for hydroxylation is 1. The molecule has 5 rings (SSSR count). The van der Waals surface area contributed by atoms with Crippen molar-refractivity contribution >= 4 is 17.2 Å². The Morgan fingerprint density at radius 2 is 2.04 bits per heavy atom. The molecule has 3 aromatic heterocycles. The second-order valence-corrected chi connectivity index (χ2v) is 7.98. The van der Waals surface area contributed by atoms with Crippen molar-refractivity contribution in [3.8, 4) is 11.5 Å². The van der Waals surface area contributed by atoms with Gasteiger partial charge in [-0.05, 0) is 42.0 Å². The van der Waals surface area contributed by atoms with Gasteiger partial charge in [0.1, 0.15) is 5.69 Å². The number of nitrogens with zero attached hydrogens (tertiary/aromatic N) is 5. The smallest absolute Gasteiger partial charge is 0.160 e. The van der Waals surface area contributed by atoms with E-state index in [1.807, 2.05) is 41.3 Å². The first kappa shape index (κ1) is 16.0. The fourth-order valence-corrected chi connectivity index (χ4v) is 5.04. The van der Waals surface area contributed by atoms with Crippen LogP contribution in [0.2, 0.25) is 0 Å². The van der Waals surface area contributed by atoms with Crippen LogP contribution in [-0.2, 0) is 23.8 Å². The largest absolute Gasteiger partial charge is 0.370 e. The lowest BCUT2D eigenvalue weighted by Crippen LogP contribution is -2.46. The van der Waals surface area contributed by atoms with Gasteiger partial charge in [-0.15, -0.1) is 21.5 Å². The van der Waals surface area contributed by atoms with Crippen molar-refractivity contribution < 1.29 is 4.74 Å². The van der Waals surface area contributed by atoms with Gasteiger partial charge in [-0.3, -0.25) is 0 Å². The Balaban J connectivity index is 1.33. The molecule has 0 radical (unpaired) electrons. The first-order chi connectivity index (χ1) is 12.8. The molecular weight excluding hydrogens is 346 g/mol. The average Bonchev–Trinajstić information content (AvgIpc) is 3.33. The lowest BCUT2D eigenvalue weighted by atomic mass is 9.82. The predicted molar refractivity (Wildman–Crippen MR) is 101 cm³/mol. The lowest BCUT2D eigenvalue weighted by molar-refractivity contribution is -0.0757. The van der Waals surface area contributed by atoms with Crippen LogP contribution in [0, 0.1) is 0 Å². The summed E-state index contributed by atoms with van der Waals surface area (Å²) in [6.45, 7) is 2.71. The third-order valence-corrected chi connectivity index (χ3v) is 6.52. The summed E-state index contributed by atoms with van der Waals surface area (Å²) >= 11 is 1.87. The molecule has 134 valence electrons. The quantitative estimate of drug-likeness (QED) is 0.697. The maximum atomic E-state index is 6.29. The molecule has 0 atom stereocenters. The number of aromatic nitrogens is 4. The molecule has 2 aliphatic rings. The number of piperidine rings is 1. The van der Waals surface area contributed by atoms with E-state index in [4.69, 9.17) is 4.74 Å². The van der Waals surface area contributed by atoms with Gasteiger partial charge in [-0.1, -0.05) is 0 Å². The van der Waals surface area contributed by atoms with E-state index in [0.717, 1.165) is 56.3 Å². The predicted octanol–water partition coefficient (Wildman–Crippen LogP) is 3.01. The fourth-order valence-electron chi connectivity index (χ4n) is 4.09. The molecule has 0 amide bonds. The first-order valence-electron chi connectivity index (χ1n) is 9.02. The lowest BCUT2D eigenvalue weighted by Gasteiger charge is -2.44. The highest BCUT2D eigenvalue weighted by atomic mass is 32.1. The van der Waals surface area contributed by atoms with Crippen LogP contribution in [0.1, 0.15) is 23.3 Å². The average molecular weight is 367 g/mol. The number of hydrogen-bond donors (Lipinski definition) is 0. The number of imidazole rings is 1. The fraction of sp³-hybridized carbons (Fsp3) is 0.421. The van der Waals surface area contributed by atoms with Gasteiger partial charge in [-0.2, -0.15) is 0 Å². The third-order valence-electron chi connectivity index (χ3n) is 5.54. The Morgan fingerprint density at radius 3 is 2.77 bits per heavy atom. The van der Waals surface area contributed by atoms with Crippen LogP contribution >= 0.6 is 11.3 Å². The topological polar surface area (TPSA) is 56.1 Å². The van der Waals surface area contributed by atoms with Gasteiger partial charge in [-0.25, -0.2) is 4.98 Å². The van der Waals surface area contributed by atoms with E-state index in [2.05, 4.69) is 31.5 Å². The minimum Gasteiger partial charge on any atom is -0.370 e. The van der Waals surface area contributed by atoms with Crippen molar-refractivity contribution in [3.63, 3.8) is 0 Å². The van der Waals surface area contributed by atoms with E-state index >= 15 is 0 Å². The van der Waals surface area contributed by atoms with Crippen molar-refractivity contribution in [1.29, 1.82) is 0 Å². The first-order valence-corrected chi connectivity index (χ1v) is 9.90. The van der Waals surface area contributed by atoms with Gasteiger partial charge in [0.25, 0.3) is 0 Å². The van der Waals surface area contributed by atoms with E-state index in [0.29, 0.717) is 0 Å². The second-order valence-electron chi connectivity index (χ2n) is 6.98. The summed E-state index contributed by atoms with van der Waals surface area (Å²) in [5.74, 6) is 1.77. The van der Waals surface area contributed by atoms with Crippen molar-refractivity contribution in [2.45, 2.75) is 24.9 Å². The van der Waals surface area contributed by atoms with E-state index in [-0.39, 0.29) is 5.60 Å². The molecule has 0 unspecified atom stereocenters. The highest BCUT2D eigenvalue weighted by Gasteiger charge is 2.41. The van der Waals surface area contributed by atoms with Gasteiger partial charge >= 0.3 is 0 Å². The Hall–Kier alpha value is -2.25. The molecule has 26 heavy (non-hydrogen) atoms. The zero-order valence-electron chi connectivity index (χ0n) is 14.8. The van der Waals surface area contributed by atoms with Gasteiger partial charge in [0.2, 0.25) is 0 Å². The Morgan fingerprint density at radius 1 is 1.15 bits per heavy atom. The molecule has 0 aromatic carbocycles. The molecule has 0 aliphatic carbocycles. The van der Waals surface area contributed by atoms with E-state index in [1.165, 1.54) is 10.4 Å². The Kier molecular flexibility index (Phi) is 3.79. The number of ether oxygens (including phenoxy) is 1. The van der Waals surface area contributed by atoms with Crippen molar-refractivity contribution in [3.05, 3.63) is 46.4 Å². The van der Waals surface area contributed by atoms with Crippen molar-refractivity contribution in [1.82, 2.24) is 19.7 Å². The maximum Gasteiger partial charge on any atom is 0.160 e.